The van der Waals surface area contributed by atoms with Crippen molar-refractivity contribution in [2.45, 2.75) is 37.6 Å². The number of rotatable bonds is 2. The minimum absolute atomic E-state index is 0.186. The highest BCUT2D eigenvalue weighted by molar-refractivity contribution is 5.71. The maximum absolute atomic E-state index is 11.4. The molecule has 2 heterocycles. The lowest BCUT2D eigenvalue weighted by atomic mass is 9.70. The van der Waals surface area contributed by atoms with E-state index in [0.717, 1.165) is 24.9 Å². The second-order valence-electron chi connectivity index (χ2n) is 9.04. The summed E-state index contributed by atoms with van der Waals surface area (Å²) in [5, 5.41) is 11.4. The molecule has 2 aliphatic heterocycles. The molecule has 0 fully saturated rings. The monoisotopic (exact) mass is 384 g/mol. The maximum Gasteiger partial charge on any atom is 0.269 e. The Hall–Kier alpha value is -2.88. The van der Waals surface area contributed by atoms with Crippen LogP contribution in [0, 0.1) is 28.9 Å². The van der Waals surface area contributed by atoms with Gasteiger partial charge in [0.15, 0.2) is 0 Å². The van der Waals surface area contributed by atoms with Gasteiger partial charge in [0.2, 0.25) is 0 Å². The van der Waals surface area contributed by atoms with Crippen molar-refractivity contribution in [3.8, 4) is 0 Å². The zero-order chi connectivity index (χ0) is 19.7. The van der Waals surface area contributed by atoms with Gasteiger partial charge in [0.25, 0.3) is 5.69 Å². The number of benzene rings is 2. The minimum Gasteiger partial charge on any atom is -0.363 e. The predicted octanol–water partition coefficient (Wildman–Crippen LogP) is 5.80. The third-order valence-corrected chi connectivity index (χ3v) is 7.42. The Morgan fingerprint density at radius 1 is 1.03 bits per heavy atom. The van der Waals surface area contributed by atoms with Crippen molar-refractivity contribution in [3.63, 3.8) is 0 Å². The fourth-order valence-corrected chi connectivity index (χ4v) is 6.33. The summed E-state index contributed by atoms with van der Waals surface area (Å²) in [4.78, 5) is 13.8. The van der Waals surface area contributed by atoms with Crippen LogP contribution in [0.1, 0.15) is 53.0 Å². The normalized spacial score (nSPS) is 30.8. The molecule has 0 aromatic heterocycles. The van der Waals surface area contributed by atoms with Gasteiger partial charge in [-0.1, -0.05) is 54.1 Å². The molecule has 0 saturated heterocycles. The molecule has 0 spiro atoms. The van der Waals surface area contributed by atoms with E-state index in [9.17, 15) is 10.1 Å². The molecule has 0 N–H and O–H groups in total. The van der Waals surface area contributed by atoms with Gasteiger partial charge in [-0.25, -0.2) is 0 Å². The number of hydrogen-bond acceptors (Lipinski definition) is 3. The summed E-state index contributed by atoms with van der Waals surface area (Å²) in [5.41, 5.74) is 6.93. The molecule has 0 bridgehead atoms. The average molecular weight is 384 g/mol. The Morgan fingerprint density at radius 2 is 1.79 bits per heavy atom. The van der Waals surface area contributed by atoms with E-state index in [4.69, 9.17) is 0 Å². The Morgan fingerprint density at radius 3 is 2.62 bits per heavy atom. The summed E-state index contributed by atoms with van der Waals surface area (Å²) < 4.78 is 0. The van der Waals surface area contributed by atoms with Gasteiger partial charge < -0.3 is 4.90 Å². The van der Waals surface area contributed by atoms with Crippen molar-refractivity contribution in [1.82, 2.24) is 0 Å². The highest BCUT2D eigenvalue weighted by Crippen LogP contribution is 2.59. The topological polar surface area (TPSA) is 46.4 Å². The van der Waals surface area contributed by atoms with E-state index in [0.29, 0.717) is 23.7 Å². The van der Waals surface area contributed by atoms with Gasteiger partial charge in [0.1, 0.15) is 0 Å². The Bertz CT molecular complexity index is 1070. The lowest BCUT2D eigenvalue weighted by molar-refractivity contribution is -0.384. The Labute approximate surface area is 170 Å². The number of non-ortho nitro benzene ring substituents is 1. The predicted molar refractivity (Wildman–Crippen MR) is 114 cm³/mol. The maximum atomic E-state index is 11.4. The zero-order valence-corrected chi connectivity index (χ0v) is 16.5. The number of nitro groups is 1. The zero-order valence-electron chi connectivity index (χ0n) is 16.5. The molecule has 0 unspecified atom stereocenters. The molecule has 2 aromatic carbocycles. The molecule has 0 saturated carbocycles. The Balaban J connectivity index is 1.57. The molecule has 2 aromatic rings. The molecule has 4 heteroatoms. The summed E-state index contributed by atoms with van der Waals surface area (Å²) in [6.45, 7) is 3.24. The fraction of sp³-hybridized carbons (Fsp3) is 0.360. The molecule has 5 atom stereocenters. The molecule has 4 nitrogen and oxygen atoms in total. The fourth-order valence-electron chi connectivity index (χ4n) is 6.33. The van der Waals surface area contributed by atoms with Crippen molar-refractivity contribution in [2.75, 3.05) is 11.4 Å². The van der Waals surface area contributed by atoms with Crippen LogP contribution in [-0.2, 0) is 0 Å². The first-order chi connectivity index (χ1) is 14.1. The SMILES string of the molecule is Cc1cc2c3c(c1)[C@@H]1C=CC[C@@H]1[C@H](c1cccc([N+](=O)[O-])c1)N3C[C@@H]1CC=C[C@@H]21. The van der Waals surface area contributed by atoms with Crippen molar-refractivity contribution >= 4 is 11.4 Å². The number of allylic oxidation sites excluding steroid dienone is 4. The second-order valence-corrected chi connectivity index (χ2v) is 9.04. The molecular formula is C25H24N2O2. The van der Waals surface area contributed by atoms with E-state index in [1.165, 1.54) is 22.4 Å². The smallest absolute Gasteiger partial charge is 0.269 e. The molecule has 2 aliphatic carbocycles. The number of aryl methyl sites for hydroxylation is 1. The molecule has 6 rings (SSSR count). The van der Waals surface area contributed by atoms with Gasteiger partial charge in [-0.05, 0) is 48.3 Å². The highest BCUT2D eigenvalue weighted by atomic mass is 16.6. The van der Waals surface area contributed by atoms with Crippen molar-refractivity contribution in [2.24, 2.45) is 11.8 Å². The molecular weight excluding hydrogens is 360 g/mol. The van der Waals surface area contributed by atoms with Crippen LogP contribution in [0.15, 0.2) is 60.7 Å². The van der Waals surface area contributed by atoms with Crippen LogP contribution in [0.5, 0.6) is 0 Å². The van der Waals surface area contributed by atoms with E-state index in [2.05, 4.69) is 54.3 Å². The van der Waals surface area contributed by atoms with Gasteiger partial charge in [0.05, 0.1) is 11.0 Å². The molecule has 0 amide bonds. The van der Waals surface area contributed by atoms with Crippen molar-refractivity contribution < 1.29 is 4.92 Å². The summed E-state index contributed by atoms with van der Waals surface area (Å²) in [7, 11) is 0. The van der Waals surface area contributed by atoms with Gasteiger partial charge in [-0.2, -0.15) is 0 Å². The number of nitro benzene ring substituents is 1. The highest BCUT2D eigenvalue weighted by Gasteiger charge is 2.47. The number of nitrogens with zero attached hydrogens (tertiary/aromatic N) is 2. The summed E-state index contributed by atoms with van der Waals surface area (Å²) in [6.07, 6.45) is 11.6. The third kappa shape index (κ3) is 2.38. The molecule has 146 valence electrons. The average Bonchev–Trinajstić information content (AvgIpc) is 3.37. The van der Waals surface area contributed by atoms with Gasteiger partial charge >= 0.3 is 0 Å². The van der Waals surface area contributed by atoms with Crippen molar-refractivity contribution in [3.05, 3.63) is 93.1 Å². The van der Waals surface area contributed by atoms with Crippen LogP contribution in [0.3, 0.4) is 0 Å². The first-order valence-corrected chi connectivity index (χ1v) is 10.6. The summed E-state index contributed by atoms with van der Waals surface area (Å²) in [6, 6.07) is 12.3. The molecule has 29 heavy (non-hydrogen) atoms. The third-order valence-electron chi connectivity index (χ3n) is 7.42. The first kappa shape index (κ1) is 17.0. The van der Waals surface area contributed by atoms with Crippen LogP contribution < -0.4 is 4.90 Å². The summed E-state index contributed by atoms with van der Waals surface area (Å²) >= 11 is 0. The molecule has 4 aliphatic rings. The van der Waals surface area contributed by atoms with Crippen LogP contribution >= 0.6 is 0 Å². The quantitative estimate of drug-likeness (QED) is 0.374. The van der Waals surface area contributed by atoms with Gasteiger partial charge in [-0.15, -0.1) is 0 Å². The van der Waals surface area contributed by atoms with Crippen LogP contribution in [0.4, 0.5) is 11.4 Å². The van der Waals surface area contributed by atoms with Gasteiger partial charge in [0, 0.05) is 36.2 Å². The summed E-state index contributed by atoms with van der Waals surface area (Å²) in [5.74, 6) is 1.94. The van der Waals surface area contributed by atoms with E-state index < -0.39 is 0 Å². The van der Waals surface area contributed by atoms with Crippen LogP contribution in [0.2, 0.25) is 0 Å². The first-order valence-electron chi connectivity index (χ1n) is 10.6. The second kappa shape index (κ2) is 6.06. The molecule has 0 radical (unpaired) electrons. The number of fused-ring (bicyclic) bond motifs is 4. The largest absolute Gasteiger partial charge is 0.363 e. The number of anilines is 1. The number of hydrogen-bond donors (Lipinski definition) is 0. The van der Waals surface area contributed by atoms with Crippen LogP contribution in [0.25, 0.3) is 0 Å². The Kier molecular flexibility index (Phi) is 3.55. The van der Waals surface area contributed by atoms with E-state index in [-0.39, 0.29) is 16.7 Å². The lowest BCUT2D eigenvalue weighted by Gasteiger charge is -2.51. The standard InChI is InChI=1S/C25H24N2O2/c1-15-11-22-19-8-3-6-17(19)14-26-24(16-5-2-7-18(13-16)27(28)29)21-10-4-9-20(21)23(12-15)25(22)26/h2-5,7-9,11-13,17,19-21,24H,6,10,14H2,1H3/t17-,19+,20+,21-,24-/m0/s1. The van der Waals surface area contributed by atoms with E-state index in [1.54, 1.807) is 12.1 Å². The van der Waals surface area contributed by atoms with Crippen LogP contribution in [-0.4, -0.2) is 11.5 Å². The van der Waals surface area contributed by atoms with Gasteiger partial charge in [-0.3, -0.25) is 10.1 Å². The van der Waals surface area contributed by atoms with Crippen molar-refractivity contribution in [1.29, 1.82) is 0 Å². The van der Waals surface area contributed by atoms with E-state index >= 15 is 0 Å². The van der Waals surface area contributed by atoms with E-state index in [1.807, 2.05) is 6.07 Å². The lowest BCUT2D eigenvalue weighted by Crippen LogP contribution is -2.46. The minimum atomic E-state index is -0.271.